The second-order valence-corrected chi connectivity index (χ2v) is 5.24. The molecule has 5 heteroatoms. The summed E-state index contributed by atoms with van der Waals surface area (Å²) in [6, 6.07) is 0. The van der Waals surface area contributed by atoms with E-state index in [4.69, 9.17) is 4.74 Å². The van der Waals surface area contributed by atoms with Crippen molar-refractivity contribution in [2.45, 2.75) is 51.4 Å². The molecule has 0 aliphatic carbocycles. The Morgan fingerprint density at radius 1 is 1.22 bits per heavy atom. The number of hydrogen-bond donors (Lipinski definition) is 0. The highest BCUT2D eigenvalue weighted by Crippen LogP contribution is 2.24. The zero-order valence-electron chi connectivity index (χ0n) is 11.6. The van der Waals surface area contributed by atoms with Crippen molar-refractivity contribution < 1.29 is 9.53 Å². The average molecular weight is 268 g/mol. The van der Waals surface area contributed by atoms with Gasteiger partial charge in [-0.25, -0.2) is 9.97 Å². The maximum absolute atomic E-state index is 11.7. The van der Waals surface area contributed by atoms with Gasteiger partial charge in [0.1, 0.15) is 5.25 Å². The molecule has 1 heterocycles. The second-order valence-electron chi connectivity index (χ2n) is 4.07. The summed E-state index contributed by atoms with van der Waals surface area (Å²) in [7, 11) is 0. The molecule has 0 aliphatic heterocycles. The highest BCUT2D eigenvalue weighted by molar-refractivity contribution is 8.00. The summed E-state index contributed by atoms with van der Waals surface area (Å²) in [5.74, 6) is -0.190. The van der Waals surface area contributed by atoms with Crippen molar-refractivity contribution in [1.29, 1.82) is 0 Å². The van der Waals surface area contributed by atoms with E-state index in [9.17, 15) is 4.79 Å². The van der Waals surface area contributed by atoms with Crippen LogP contribution in [0.4, 0.5) is 0 Å². The zero-order chi connectivity index (χ0) is 13.7. The normalized spacial score (nSPS) is 12.3. The van der Waals surface area contributed by atoms with Crippen LogP contribution in [-0.2, 0) is 9.53 Å². The van der Waals surface area contributed by atoms with Gasteiger partial charge in [-0.15, -0.1) is 0 Å². The lowest BCUT2D eigenvalue weighted by Gasteiger charge is -2.13. The molecule has 1 aromatic heterocycles. The molecule has 0 saturated heterocycles. The summed E-state index contributed by atoms with van der Waals surface area (Å²) in [4.78, 5) is 20.5. The summed E-state index contributed by atoms with van der Waals surface area (Å²) in [6.45, 7) is 10.1. The quantitative estimate of drug-likeness (QED) is 0.467. The number of nitrogens with zero attached hydrogens (tertiary/aromatic N) is 2. The molecule has 0 saturated carbocycles. The largest absolute Gasteiger partial charge is 0.465 e. The number of carbonyl (C=O) groups is 1. The van der Waals surface area contributed by atoms with Crippen LogP contribution in [-0.4, -0.2) is 27.8 Å². The number of ether oxygens (including phenoxy) is 1. The summed E-state index contributed by atoms with van der Waals surface area (Å²) in [5, 5.41) is 0.418. The Labute approximate surface area is 113 Å². The molecule has 1 unspecified atom stereocenters. The fraction of sp³-hybridized carbons (Fsp3) is 0.615. The van der Waals surface area contributed by atoms with Crippen LogP contribution in [0.5, 0.6) is 0 Å². The molecule has 0 amide bonds. The van der Waals surface area contributed by atoms with Crippen LogP contribution >= 0.6 is 11.8 Å². The van der Waals surface area contributed by atoms with Gasteiger partial charge in [-0.3, -0.25) is 4.79 Å². The second kappa shape index (κ2) is 6.73. The molecule has 0 fully saturated rings. The van der Waals surface area contributed by atoms with Gasteiger partial charge >= 0.3 is 5.97 Å². The molecule has 0 aliphatic rings. The van der Waals surface area contributed by atoms with Crippen molar-refractivity contribution in [3.05, 3.63) is 17.0 Å². The number of hydrogen-bond acceptors (Lipinski definition) is 5. The molecule has 0 aromatic carbocycles. The maximum atomic E-state index is 11.7. The van der Waals surface area contributed by atoms with E-state index in [-0.39, 0.29) is 11.2 Å². The van der Waals surface area contributed by atoms with Gasteiger partial charge in [0, 0.05) is 11.4 Å². The molecule has 0 bridgehead atoms. The Balaban J connectivity index is 2.85. The van der Waals surface area contributed by atoms with E-state index in [0.717, 1.165) is 17.0 Å². The predicted molar refractivity (Wildman–Crippen MR) is 72.8 cm³/mol. The van der Waals surface area contributed by atoms with Gasteiger partial charge < -0.3 is 4.74 Å². The molecule has 0 radical (unpaired) electrons. The van der Waals surface area contributed by atoms with Gasteiger partial charge in [0.2, 0.25) is 0 Å². The molecule has 4 nitrogen and oxygen atoms in total. The minimum absolute atomic E-state index is 0.190. The van der Waals surface area contributed by atoms with Crippen molar-refractivity contribution in [2.75, 3.05) is 6.61 Å². The lowest BCUT2D eigenvalue weighted by molar-refractivity contribution is -0.142. The number of thioether (sulfide) groups is 1. The van der Waals surface area contributed by atoms with Crippen LogP contribution in [0.1, 0.15) is 37.2 Å². The van der Waals surface area contributed by atoms with Gasteiger partial charge in [-0.05, 0) is 39.7 Å². The molecule has 0 spiro atoms. The van der Waals surface area contributed by atoms with E-state index in [0.29, 0.717) is 18.2 Å². The number of rotatable bonds is 5. The van der Waals surface area contributed by atoms with Crippen molar-refractivity contribution in [3.8, 4) is 0 Å². The van der Waals surface area contributed by atoms with E-state index in [1.807, 2.05) is 34.6 Å². The van der Waals surface area contributed by atoms with E-state index < -0.39 is 0 Å². The van der Waals surface area contributed by atoms with Crippen LogP contribution in [0.3, 0.4) is 0 Å². The minimum atomic E-state index is -0.230. The number of esters is 1. The zero-order valence-corrected chi connectivity index (χ0v) is 12.4. The Bertz CT molecular complexity index is 412. The Hall–Kier alpha value is -1.10. The fourth-order valence-corrected chi connectivity index (χ4v) is 2.42. The first-order chi connectivity index (χ1) is 8.49. The van der Waals surface area contributed by atoms with E-state index >= 15 is 0 Å². The highest BCUT2D eigenvalue weighted by Gasteiger charge is 2.21. The van der Waals surface area contributed by atoms with E-state index in [1.54, 1.807) is 0 Å². The first kappa shape index (κ1) is 15.0. The summed E-state index contributed by atoms with van der Waals surface area (Å²) < 4.78 is 5.04. The van der Waals surface area contributed by atoms with Crippen LogP contribution in [0.2, 0.25) is 0 Å². The first-order valence-corrected chi connectivity index (χ1v) is 7.02. The highest BCUT2D eigenvalue weighted by atomic mass is 32.2. The van der Waals surface area contributed by atoms with Crippen LogP contribution < -0.4 is 0 Å². The maximum Gasteiger partial charge on any atom is 0.319 e. The first-order valence-electron chi connectivity index (χ1n) is 6.14. The molecular formula is C13H20N2O2S. The van der Waals surface area contributed by atoms with E-state index in [2.05, 4.69) is 9.97 Å². The Morgan fingerprint density at radius 2 is 1.78 bits per heavy atom. The summed E-state index contributed by atoms with van der Waals surface area (Å²) in [5.41, 5.74) is 3.02. The third-order valence-electron chi connectivity index (χ3n) is 2.78. The Kier molecular flexibility index (Phi) is 5.59. The molecule has 1 aromatic rings. The lowest BCUT2D eigenvalue weighted by Crippen LogP contribution is -2.20. The van der Waals surface area contributed by atoms with Crippen LogP contribution in [0.15, 0.2) is 5.16 Å². The third-order valence-corrected chi connectivity index (χ3v) is 3.98. The molecule has 1 rings (SSSR count). The summed E-state index contributed by atoms with van der Waals surface area (Å²) >= 11 is 1.38. The van der Waals surface area contributed by atoms with Crippen molar-refractivity contribution in [2.24, 2.45) is 0 Å². The molecule has 0 N–H and O–H groups in total. The Morgan fingerprint density at radius 3 is 2.22 bits per heavy atom. The topological polar surface area (TPSA) is 52.1 Å². The monoisotopic (exact) mass is 268 g/mol. The SMILES string of the molecule is CCOC(=O)C(CC)Sc1nc(C)c(C)c(C)n1. The number of aryl methyl sites for hydroxylation is 2. The fourth-order valence-electron chi connectivity index (χ4n) is 1.45. The van der Waals surface area contributed by atoms with Gasteiger partial charge in [0.25, 0.3) is 0 Å². The molecular weight excluding hydrogens is 248 g/mol. The summed E-state index contributed by atoms with van der Waals surface area (Å²) in [6.07, 6.45) is 0.707. The van der Waals surface area contributed by atoms with Crippen molar-refractivity contribution >= 4 is 17.7 Å². The number of aromatic nitrogens is 2. The van der Waals surface area contributed by atoms with Gasteiger partial charge in [-0.2, -0.15) is 0 Å². The molecule has 1 atom stereocenters. The van der Waals surface area contributed by atoms with Crippen molar-refractivity contribution in [3.63, 3.8) is 0 Å². The van der Waals surface area contributed by atoms with E-state index in [1.165, 1.54) is 11.8 Å². The van der Waals surface area contributed by atoms with Gasteiger partial charge in [0.15, 0.2) is 5.16 Å². The van der Waals surface area contributed by atoms with Crippen LogP contribution in [0.25, 0.3) is 0 Å². The lowest BCUT2D eigenvalue weighted by atomic mass is 10.2. The predicted octanol–water partition coefficient (Wildman–Crippen LogP) is 2.84. The van der Waals surface area contributed by atoms with Crippen molar-refractivity contribution in [1.82, 2.24) is 9.97 Å². The minimum Gasteiger partial charge on any atom is -0.465 e. The third kappa shape index (κ3) is 3.70. The molecule has 18 heavy (non-hydrogen) atoms. The standard InChI is InChI=1S/C13H20N2O2S/c1-6-11(12(16)17-7-2)18-13-14-9(4)8(3)10(5)15-13/h11H,6-7H2,1-5H3. The smallest absolute Gasteiger partial charge is 0.319 e. The van der Waals surface area contributed by atoms with Gasteiger partial charge in [0.05, 0.1) is 6.61 Å². The number of carbonyl (C=O) groups excluding carboxylic acids is 1. The molecule has 100 valence electrons. The average Bonchev–Trinajstić information content (AvgIpc) is 2.33. The van der Waals surface area contributed by atoms with Gasteiger partial charge in [-0.1, -0.05) is 18.7 Å². The van der Waals surface area contributed by atoms with Crippen LogP contribution in [0, 0.1) is 20.8 Å².